The molecule has 1 saturated carbocycles. The van der Waals surface area contributed by atoms with Crippen molar-refractivity contribution in [3.05, 3.63) is 0 Å². The SMILES string of the molecule is C1CCC(C2CCNc3nc(N4CCCCC4)nn32)CC1. The fourth-order valence-electron chi connectivity index (χ4n) is 4.30. The highest BCUT2D eigenvalue weighted by Crippen LogP contribution is 2.38. The summed E-state index contributed by atoms with van der Waals surface area (Å²) >= 11 is 0. The molecule has 116 valence electrons. The molecule has 1 N–H and O–H groups in total. The van der Waals surface area contributed by atoms with E-state index in [-0.39, 0.29) is 0 Å². The smallest absolute Gasteiger partial charge is 0.246 e. The normalized spacial score (nSPS) is 27.2. The quantitative estimate of drug-likeness (QED) is 0.908. The minimum absolute atomic E-state index is 0.576. The van der Waals surface area contributed by atoms with Gasteiger partial charge in [0.2, 0.25) is 11.9 Å². The van der Waals surface area contributed by atoms with Gasteiger partial charge in [-0.05, 0) is 44.4 Å². The summed E-state index contributed by atoms with van der Waals surface area (Å²) in [7, 11) is 0. The summed E-state index contributed by atoms with van der Waals surface area (Å²) in [5, 5.41) is 8.35. The number of aromatic nitrogens is 3. The van der Waals surface area contributed by atoms with Gasteiger partial charge < -0.3 is 10.2 Å². The summed E-state index contributed by atoms with van der Waals surface area (Å²) < 4.78 is 2.23. The zero-order valence-electron chi connectivity index (χ0n) is 12.9. The third-order valence-corrected chi connectivity index (χ3v) is 5.49. The van der Waals surface area contributed by atoms with Crippen LogP contribution in [-0.4, -0.2) is 34.4 Å². The zero-order valence-corrected chi connectivity index (χ0v) is 12.9. The monoisotopic (exact) mass is 289 g/mol. The lowest BCUT2D eigenvalue weighted by Gasteiger charge is -2.33. The molecule has 2 aliphatic heterocycles. The Balaban J connectivity index is 1.56. The molecule has 1 aliphatic carbocycles. The molecule has 2 fully saturated rings. The number of piperidine rings is 1. The van der Waals surface area contributed by atoms with E-state index in [1.54, 1.807) is 0 Å². The van der Waals surface area contributed by atoms with Gasteiger partial charge in [0.05, 0.1) is 6.04 Å². The topological polar surface area (TPSA) is 46.0 Å². The Bertz CT molecular complexity index is 471. The maximum Gasteiger partial charge on any atom is 0.246 e. The predicted molar refractivity (Wildman–Crippen MR) is 84.8 cm³/mol. The number of fused-ring (bicyclic) bond motifs is 1. The Morgan fingerprint density at radius 1 is 0.905 bits per heavy atom. The molecule has 1 aromatic rings. The third kappa shape index (κ3) is 2.62. The molecule has 3 aliphatic rings. The largest absolute Gasteiger partial charge is 0.354 e. The van der Waals surface area contributed by atoms with Gasteiger partial charge in [0.15, 0.2) is 0 Å². The van der Waals surface area contributed by atoms with Crippen LogP contribution < -0.4 is 10.2 Å². The highest BCUT2D eigenvalue weighted by molar-refractivity contribution is 5.39. The van der Waals surface area contributed by atoms with Crippen LogP contribution in [0.2, 0.25) is 0 Å². The minimum Gasteiger partial charge on any atom is -0.354 e. The summed E-state index contributed by atoms with van der Waals surface area (Å²) in [5.74, 6) is 2.79. The van der Waals surface area contributed by atoms with Crippen molar-refractivity contribution in [1.82, 2.24) is 14.8 Å². The average Bonchev–Trinajstić information content (AvgIpc) is 3.00. The molecule has 0 spiro atoms. The van der Waals surface area contributed by atoms with Gasteiger partial charge in [-0.25, -0.2) is 4.68 Å². The first-order valence-electron chi connectivity index (χ1n) is 8.87. The molecule has 1 unspecified atom stereocenters. The third-order valence-electron chi connectivity index (χ3n) is 5.49. The van der Waals surface area contributed by atoms with E-state index in [0.717, 1.165) is 37.4 Å². The van der Waals surface area contributed by atoms with Crippen molar-refractivity contribution in [2.45, 2.75) is 63.8 Å². The van der Waals surface area contributed by atoms with Crippen molar-refractivity contribution < 1.29 is 0 Å². The Hall–Kier alpha value is -1.26. The Morgan fingerprint density at radius 2 is 1.67 bits per heavy atom. The summed E-state index contributed by atoms with van der Waals surface area (Å²) in [5.41, 5.74) is 0. The van der Waals surface area contributed by atoms with Crippen molar-refractivity contribution in [2.24, 2.45) is 5.92 Å². The molecule has 3 heterocycles. The van der Waals surface area contributed by atoms with Gasteiger partial charge in [0.25, 0.3) is 0 Å². The number of rotatable bonds is 2. The lowest BCUT2D eigenvalue weighted by molar-refractivity contribution is 0.222. The van der Waals surface area contributed by atoms with Crippen LogP contribution in [0.4, 0.5) is 11.9 Å². The zero-order chi connectivity index (χ0) is 14.1. The first-order chi connectivity index (χ1) is 10.4. The molecule has 5 heteroatoms. The van der Waals surface area contributed by atoms with E-state index in [9.17, 15) is 0 Å². The summed E-state index contributed by atoms with van der Waals surface area (Å²) in [6.45, 7) is 3.30. The van der Waals surface area contributed by atoms with E-state index >= 15 is 0 Å². The first kappa shape index (κ1) is 13.4. The Labute approximate surface area is 127 Å². The molecule has 0 aromatic carbocycles. The van der Waals surface area contributed by atoms with E-state index in [1.165, 1.54) is 57.8 Å². The summed E-state index contributed by atoms with van der Waals surface area (Å²) in [4.78, 5) is 7.16. The van der Waals surface area contributed by atoms with Crippen LogP contribution in [0.25, 0.3) is 0 Å². The first-order valence-corrected chi connectivity index (χ1v) is 8.87. The van der Waals surface area contributed by atoms with Crippen LogP contribution in [0, 0.1) is 5.92 Å². The maximum atomic E-state index is 4.90. The highest BCUT2D eigenvalue weighted by atomic mass is 15.5. The van der Waals surface area contributed by atoms with Crippen molar-refractivity contribution >= 4 is 11.9 Å². The Morgan fingerprint density at radius 3 is 2.48 bits per heavy atom. The lowest BCUT2D eigenvalue weighted by atomic mass is 9.82. The molecule has 4 rings (SSSR count). The van der Waals surface area contributed by atoms with Crippen LogP contribution in [0.1, 0.15) is 63.8 Å². The number of hydrogen-bond donors (Lipinski definition) is 1. The van der Waals surface area contributed by atoms with Crippen LogP contribution in [0.3, 0.4) is 0 Å². The van der Waals surface area contributed by atoms with Crippen LogP contribution in [0.15, 0.2) is 0 Å². The number of nitrogens with zero attached hydrogens (tertiary/aromatic N) is 4. The fourth-order valence-corrected chi connectivity index (χ4v) is 4.30. The average molecular weight is 289 g/mol. The molecule has 0 radical (unpaired) electrons. The standard InChI is InChI=1S/C16H27N5/c1-3-7-13(8-4-1)14-9-10-17-15-18-16(19-21(14)15)20-11-5-2-6-12-20/h13-14H,1-12H2,(H,17,18,19). The molecular weight excluding hydrogens is 262 g/mol. The maximum absolute atomic E-state index is 4.90. The van der Waals surface area contributed by atoms with Gasteiger partial charge in [-0.1, -0.05) is 19.3 Å². The van der Waals surface area contributed by atoms with Gasteiger partial charge in [0, 0.05) is 19.6 Å². The highest BCUT2D eigenvalue weighted by Gasteiger charge is 2.31. The second-order valence-corrected chi connectivity index (χ2v) is 6.91. The molecule has 1 saturated heterocycles. The molecule has 1 aromatic heterocycles. The van der Waals surface area contributed by atoms with Crippen LogP contribution in [-0.2, 0) is 0 Å². The van der Waals surface area contributed by atoms with E-state index in [1.807, 2.05) is 0 Å². The van der Waals surface area contributed by atoms with Crippen molar-refractivity contribution in [3.63, 3.8) is 0 Å². The van der Waals surface area contributed by atoms with Gasteiger partial charge in [-0.2, -0.15) is 4.98 Å². The van der Waals surface area contributed by atoms with Crippen molar-refractivity contribution in [3.8, 4) is 0 Å². The summed E-state index contributed by atoms with van der Waals surface area (Å²) in [6, 6.07) is 0.576. The van der Waals surface area contributed by atoms with E-state index < -0.39 is 0 Å². The van der Waals surface area contributed by atoms with Crippen LogP contribution >= 0.6 is 0 Å². The Kier molecular flexibility index (Phi) is 3.74. The van der Waals surface area contributed by atoms with E-state index in [4.69, 9.17) is 10.1 Å². The molecule has 0 amide bonds. The van der Waals surface area contributed by atoms with Crippen molar-refractivity contribution in [1.29, 1.82) is 0 Å². The van der Waals surface area contributed by atoms with E-state index in [0.29, 0.717) is 6.04 Å². The number of hydrogen-bond acceptors (Lipinski definition) is 4. The van der Waals surface area contributed by atoms with E-state index in [2.05, 4.69) is 14.9 Å². The van der Waals surface area contributed by atoms with Gasteiger partial charge in [-0.3, -0.25) is 0 Å². The van der Waals surface area contributed by atoms with Crippen LogP contribution in [0.5, 0.6) is 0 Å². The molecule has 5 nitrogen and oxygen atoms in total. The lowest BCUT2D eigenvalue weighted by Crippen LogP contribution is -2.31. The fraction of sp³-hybridized carbons (Fsp3) is 0.875. The second-order valence-electron chi connectivity index (χ2n) is 6.91. The molecule has 0 bridgehead atoms. The molecule has 1 atom stereocenters. The molecular formula is C16H27N5. The van der Waals surface area contributed by atoms with Crippen molar-refractivity contribution in [2.75, 3.05) is 29.9 Å². The number of anilines is 2. The van der Waals surface area contributed by atoms with Gasteiger partial charge in [-0.15, -0.1) is 5.10 Å². The predicted octanol–water partition coefficient (Wildman–Crippen LogP) is 3.21. The molecule has 21 heavy (non-hydrogen) atoms. The van der Waals surface area contributed by atoms with Gasteiger partial charge >= 0.3 is 0 Å². The summed E-state index contributed by atoms with van der Waals surface area (Å²) in [6.07, 6.45) is 12.1. The minimum atomic E-state index is 0.576. The second kappa shape index (κ2) is 5.85. The van der Waals surface area contributed by atoms with Gasteiger partial charge in [0.1, 0.15) is 0 Å². The number of nitrogens with one attached hydrogen (secondary N) is 1.